The number of anilines is 1. The Hall–Kier alpha value is -1.49. The van der Waals surface area contributed by atoms with Crippen LogP contribution in [0.4, 0.5) is 5.69 Å². The lowest BCUT2D eigenvalue weighted by molar-refractivity contribution is 0.222. The van der Waals surface area contributed by atoms with Gasteiger partial charge in [0.2, 0.25) is 0 Å². The first-order chi connectivity index (χ1) is 8.93. The molecule has 1 aromatic carbocycles. The van der Waals surface area contributed by atoms with E-state index in [1.807, 2.05) is 12.1 Å². The van der Waals surface area contributed by atoms with Gasteiger partial charge in [-0.25, -0.2) is 0 Å². The SMILES string of the molecule is Cc1ccc(C#N)c(N(C)C2CCC(C)(C)CC2)c1. The van der Waals surface area contributed by atoms with Crippen molar-refractivity contribution in [2.45, 2.75) is 52.5 Å². The standard InChI is InChI=1S/C17H24N2/c1-13-5-6-14(12-18)16(11-13)19(4)15-7-9-17(2,3)10-8-15/h5-6,11,15H,7-10H2,1-4H3. The number of nitriles is 1. The maximum atomic E-state index is 9.26. The van der Waals surface area contributed by atoms with Gasteiger partial charge < -0.3 is 4.90 Å². The molecule has 0 radical (unpaired) electrons. The second kappa shape index (κ2) is 5.25. The quantitative estimate of drug-likeness (QED) is 0.790. The minimum atomic E-state index is 0.488. The van der Waals surface area contributed by atoms with E-state index in [1.165, 1.54) is 31.2 Å². The summed E-state index contributed by atoms with van der Waals surface area (Å²) in [5.74, 6) is 0. The number of hydrogen-bond donors (Lipinski definition) is 0. The normalized spacial score (nSPS) is 18.9. The van der Waals surface area contributed by atoms with Gasteiger partial charge in [-0.15, -0.1) is 0 Å². The van der Waals surface area contributed by atoms with E-state index in [-0.39, 0.29) is 0 Å². The first-order valence-electron chi connectivity index (χ1n) is 7.16. The van der Waals surface area contributed by atoms with Crippen molar-refractivity contribution < 1.29 is 0 Å². The van der Waals surface area contributed by atoms with Gasteiger partial charge in [-0.05, 0) is 55.7 Å². The molecular weight excluding hydrogens is 232 g/mol. The van der Waals surface area contributed by atoms with Crippen LogP contribution in [-0.2, 0) is 0 Å². The molecule has 0 atom stereocenters. The molecule has 102 valence electrons. The van der Waals surface area contributed by atoms with Crippen LogP contribution >= 0.6 is 0 Å². The summed E-state index contributed by atoms with van der Waals surface area (Å²) in [6.07, 6.45) is 5.00. The van der Waals surface area contributed by atoms with Crippen LogP contribution in [0, 0.1) is 23.7 Å². The molecular formula is C17H24N2. The van der Waals surface area contributed by atoms with Gasteiger partial charge in [0.15, 0.2) is 0 Å². The maximum absolute atomic E-state index is 9.26. The van der Waals surface area contributed by atoms with E-state index in [9.17, 15) is 5.26 Å². The molecule has 0 aliphatic heterocycles. The first kappa shape index (κ1) is 13.9. The Morgan fingerprint density at radius 1 is 1.26 bits per heavy atom. The molecule has 0 spiro atoms. The smallest absolute Gasteiger partial charge is 0.101 e. The molecule has 2 heteroatoms. The Balaban J connectivity index is 2.19. The molecule has 0 amide bonds. The highest BCUT2D eigenvalue weighted by Crippen LogP contribution is 2.38. The van der Waals surface area contributed by atoms with Crippen molar-refractivity contribution in [2.75, 3.05) is 11.9 Å². The second-order valence-electron chi connectivity index (χ2n) is 6.64. The minimum Gasteiger partial charge on any atom is -0.371 e. The van der Waals surface area contributed by atoms with Crippen molar-refractivity contribution in [1.82, 2.24) is 0 Å². The van der Waals surface area contributed by atoms with E-state index < -0.39 is 0 Å². The van der Waals surface area contributed by atoms with Crippen LogP contribution < -0.4 is 4.90 Å². The summed E-state index contributed by atoms with van der Waals surface area (Å²) in [5, 5.41) is 9.26. The minimum absolute atomic E-state index is 0.488. The molecule has 1 aliphatic carbocycles. The Morgan fingerprint density at radius 2 is 1.89 bits per heavy atom. The zero-order valence-electron chi connectivity index (χ0n) is 12.5. The summed E-state index contributed by atoms with van der Waals surface area (Å²) < 4.78 is 0. The van der Waals surface area contributed by atoms with Crippen LogP contribution in [0.15, 0.2) is 18.2 Å². The molecule has 0 saturated heterocycles. The van der Waals surface area contributed by atoms with Crippen molar-refractivity contribution in [3.63, 3.8) is 0 Å². The molecule has 1 aromatic rings. The summed E-state index contributed by atoms with van der Waals surface area (Å²) in [4.78, 5) is 2.32. The first-order valence-corrected chi connectivity index (χ1v) is 7.16. The molecule has 1 fully saturated rings. The van der Waals surface area contributed by atoms with Gasteiger partial charge in [0, 0.05) is 13.1 Å². The fraction of sp³-hybridized carbons (Fsp3) is 0.588. The average molecular weight is 256 g/mol. The maximum Gasteiger partial charge on any atom is 0.101 e. The Labute approximate surface area is 117 Å². The van der Waals surface area contributed by atoms with Crippen LogP contribution in [0.2, 0.25) is 0 Å². The van der Waals surface area contributed by atoms with E-state index in [0.717, 1.165) is 11.3 Å². The van der Waals surface area contributed by atoms with Gasteiger partial charge >= 0.3 is 0 Å². The summed E-state index contributed by atoms with van der Waals surface area (Å²) in [6.45, 7) is 6.80. The number of rotatable bonds is 2. The number of benzene rings is 1. The Bertz CT molecular complexity index is 486. The van der Waals surface area contributed by atoms with Gasteiger partial charge in [0.25, 0.3) is 0 Å². The van der Waals surface area contributed by atoms with Crippen molar-refractivity contribution >= 4 is 5.69 Å². The summed E-state index contributed by atoms with van der Waals surface area (Å²) in [7, 11) is 2.14. The molecule has 1 saturated carbocycles. The molecule has 1 aliphatic rings. The summed E-state index contributed by atoms with van der Waals surface area (Å²) in [5.41, 5.74) is 3.59. The average Bonchev–Trinajstić information content (AvgIpc) is 2.38. The van der Waals surface area contributed by atoms with Gasteiger partial charge in [0.1, 0.15) is 6.07 Å². The highest BCUT2D eigenvalue weighted by atomic mass is 15.1. The van der Waals surface area contributed by atoms with Gasteiger partial charge in [0.05, 0.1) is 11.3 Å². The van der Waals surface area contributed by atoms with Crippen molar-refractivity contribution in [2.24, 2.45) is 5.41 Å². The summed E-state index contributed by atoms with van der Waals surface area (Å²) in [6, 6.07) is 8.98. The molecule has 2 nitrogen and oxygen atoms in total. The third kappa shape index (κ3) is 3.10. The molecule has 19 heavy (non-hydrogen) atoms. The number of aryl methyl sites for hydroxylation is 1. The fourth-order valence-corrected chi connectivity index (χ4v) is 3.00. The predicted molar refractivity (Wildman–Crippen MR) is 80.3 cm³/mol. The lowest BCUT2D eigenvalue weighted by atomic mass is 9.75. The lowest BCUT2D eigenvalue weighted by Gasteiger charge is -2.39. The van der Waals surface area contributed by atoms with Gasteiger partial charge in [-0.2, -0.15) is 5.26 Å². The monoisotopic (exact) mass is 256 g/mol. The largest absolute Gasteiger partial charge is 0.371 e. The Morgan fingerprint density at radius 3 is 2.47 bits per heavy atom. The third-order valence-corrected chi connectivity index (χ3v) is 4.51. The van der Waals surface area contributed by atoms with Crippen molar-refractivity contribution in [1.29, 1.82) is 5.26 Å². The van der Waals surface area contributed by atoms with E-state index >= 15 is 0 Å². The number of hydrogen-bond acceptors (Lipinski definition) is 2. The van der Waals surface area contributed by atoms with Crippen LogP contribution in [0.1, 0.15) is 50.7 Å². The van der Waals surface area contributed by atoms with E-state index in [4.69, 9.17) is 0 Å². The van der Waals surface area contributed by atoms with Crippen LogP contribution in [0.3, 0.4) is 0 Å². The topological polar surface area (TPSA) is 27.0 Å². The molecule has 0 aromatic heterocycles. The highest BCUT2D eigenvalue weighted by molar-refractivity contribution is 5.60. The summed E-state index contributed by atoms with van der Waals surface area (Å²) >= 11 is 0. The van der Waals surface area contributed by atoms with Gasteiger partial charge in [-0.3, -0.25) is 0 Å². The van der Waals surface area contributed by atoms with Crippen LogP contribution in [0.5, 0.6) is 0 Å². The van der Waals surface area contributed by atoms with Crippen molar-refractivity contribution in [3.05, 3.63) is 29.3 Å². The third-order valence-electron chi connectivity index (χ3n) is 4.51. The van der Waals surface area contributed by atoms with E-state index in [2.05, 4.69) is 44.9 Å². The van der Waals surface area contributed by atoms with E-state index in [0.29, 0.717) is 11.5 Å². The molecule has 2 rings (SSSR count). The molecule has 0 unspecified atom stereocenters. The Kier molecular flexibility index (Phi) is 3.85. The van der Waals surface area contributed by atoms with Crippen LogP contribution in [-0.4, -0.2) is 13.1 Å². The van der Waals surface area contributed by atoms with Crippen molar-refractivity contribution in [3.8, 4) is 6.07 Å². The lowest BCUT2D eigenvalue weighted by Crippen LogP contribution is -2.37. The fourth-order valence-electron chi connectivity index (χ4n) is 3.00. The molecule has 0 heterocycles. The molecule has 0 bridgehead atoms. The zero-order valence-corrected chi connectivity index (χ0v) is 12.5. The second-order valence-corrected chi connectivity index (χ2v) is 6.64. The molecule has 0 N–H and O–H groups in total. The highest BCUT2D eigenvalue weighted by Gasteiger charge is 2.29. The van der Waals surface area contributed by atoms with Gasteiger partial charge in [-0.1, -0.05) is 19.9 Å². The van der Waals surface area contributed by atoms with E-state index in [1.54, 1.807) is 0 Å². The predicted octanol–water partition coefficient (Wildman–Crippen LogP) is 4.27. The zero-order chi connectivity index (χ0) is 14.0. The number of nitrogens with zero attached hydrogens (tertiary/aromatic N) is 2. The van der Waals surface area contributed by atoms with Crippen LogP contribution in [0.25, 0.3) is 0 Å².